The van der Waals surface area contributed by atoms with Crippen LogP contribution in [0.3, 0.4) is 0 Å². The number of rotatable bonds is 4. The molecular weight excluding hydrogens is 278 g/mol. The van der Waals surface area contributed by atoms with Crippen LogP contribution in [-0.4, -0.2) is 43.1 Å². The smallest absolute Gasteiger partial charge is 0.316 e. The lowest BCUT2D eigenvalue weighted by atomic mass is 9.88. The Balaban J connectivity index is 1.51. The molecule has 4 rings (SSSR count). The van der Waals surface area contributed by atoms with Crippen LogP contribution < -0.4 is 4.74 Å². The largest absolute Gasteiger partial charge is 0.462 e. The minimum absolute atomic E-state index is 0.372. The molecule has 116 valence electrons. The van der Waals surface area contributed by atoms with Gasteiger partial charge >= 0.3 is 6.01 Å². The molecule has 0 amide bonds. The predicted octanol–water partition coefficient (Wildman–Crippen LogP) is 1.57. The molecule has 0 spiro atoms. The molecule has 0 aromatic carbocycles. The SMILES string of the molecule is Cn1cnc2c1CC(COc1ncccn1)N(C1CCC1)C2. The number of ether oxygens (including phenoxy) is 1. The average molecular weight is 299 g/mol. The van der Waals surface area contributed by atoms with Gasteiger partial charge in [-0.15, -0.1) is 0 Å². The van der Waals surface area contributed by atoms with Gasteiger partial charge in [0.15, 0.2) is 0 Å². The summed E-state index contributed by atoms with van der Waals surface area (Å²) < 4.78 is 7.97. The van der Waals surface area contributed by atoms with E-state index in [4.69, 9.17) is 4.74 Å². The van der Waals surface area contributed by atoms with Crippen molar-refractivity contribution >= 4 is 0 Å². The van der Waals surface area contributed by atoms with E-state index in [-0.39, 0.29) is 0 Å². The zero-order chi connectivity index (χ0) is 14.9. The van der Waals surface area contributed by atoms with Crippen molar-refractivity contribution in [3.63, 3.8) is 0 Å². The predicted molar refractivity (Wildman–Crippen MR) is 81.4 cm³/mol. The van der Waals surface area contributed by atoms with Crippen LogP contribution in [0.15, 0.2) is 24.8 Å². The van der Waals surface area contributed by atoms with Crippen molar-refractivity contribution in [3.05, 3.63) is 36.2 Å². The molecule has 0 radical (unpaired) electrons. The molecular formula is C16H21N5O. The summed E-state index contributed by atoms with van der Waals surface area (Å²) in [5.74, 6) is 0. The van der Waals surface area contributed by atoms with Crippen LogP contribution in [0.2, 0.25) is 0 Å². The van der Waals surface area contributed by atoms with Crippen molar-refractivity contribution in [2.75, 3.05) is 6.61 Å². The van der Waals surface area contributed by atoms with Gasteiger partial charge in [0.25, 0.3) is 0 Å². The molecule has 1 fully saturated rings. The Morgan fingerprint density at radius 2 is 2.05 bits per heavy atom. The third-order valence-corrected chi connectivity index (χ3v) is 4.87. The molecule has 0 bridgehead atoms. The fourth-order valence-electron chi connectivity index (χ4n) is 3.37. The van der Waals surface area contributed by atoms with Gasteiger partial charge in [-0.05, 0) is 18.9 Å². The minimum atomic E-state index is 0.372. The Kier molecular flexibility index (Phi) is 3.54. The highest BCUT2D eigenvalue weighted by Gasteiger charge is 2.36. The molecule has 2 aliphatic rings. The molecule has 2 aromatic rings. The van der Waals surface area contributed by atoms with Gasteiger partial charge in [0.05, 0.1) is 18.1 Å². The van der Waals surface area contributed by atoms with Crippen LogP contribution in [0.5, 0.6) is 6.01 Å². The topological polar surface area (TPSA) is 56.1 Å². The lowest BCUT2D eigenvalue weighted by molar-refractivity contribution is 0.0334. The van der Waals surface area contributed by atoms with Gasteiger partial charge < -0.3 is 9.30 Å². The Morgan fingerprint density at radius 3 is 2.77 bits per heavy atom. The van der Waals surface area contributed by atoms with E-state index in [0.717, 1.165) is 13.0 Å². The van der Waals surface area contributed by atoms with Gasteiger partial charge in [0.1, 0.15) is 6.61 Å². The third-order valence-electron chi connectivity index (χ3n) is 4.87. The van der Waals surface area contributed by atoms with Gasteiger partial charge in [-0.2, -0.15) is 0 Å². The third kappa shape index (κ3) is 2.47. The lowest BCUT2D eigenvalue weighted by Crippen LogP contribution is -2.52. The van der Waals surface area contributed by atoms with Crippen LogP contribution in [0.25, 0.3) is 0 Å². The van der Waals surface area contributed by atoms with E-state index in [1.165, 1.54) is 30.7 Å². The van der Waals surface area contributed by atoms with Crippen LogP contribution in [0.4, 0.5) is 0 Å². The number of nitrogens with zero attached hydrogens (tertiary/aromatic N) is 5. The maximum Gasteiger partial charge on any atom is 0.316 e. The summed E-state index contributed by atoms with van der Waals surface area (Å²) in [4.78, 5) is 15.4. The Morgan fingerprint density at radius 1 is 1.23 bits per heavy atom. The number of aryl methyl sites for hydroxylation is 1. The first-order chi connectivity index (χ1) is 10.8. The number of aromatic nitrogens is 4. The van der Waals surface area contributed by atoms with E-state index >= 15 is 0 Å². The molecule has 22 heavy (non-hydrogen) atoms. The van der Waals surface area contributed by atoms with E-state index in [2.05, 4.69) is 31.5 Å². The second-order valence-electron chi connectivity index (χ2n) is 6.21. The lowest BCUT2D eigenvalue weighted by Gasteiger charge is -2.44. The van der Waals surface area contributed by atoms with Crippen molar-refractivity contribution in [2.24, 2.45) is 7.05 Å². The molecule has 6 nitrogen and oxygen atoms in total. The fourth-order valence-corrected chi connectivity index (χ4v) is 3.37. The minimum Gasteiger partial charge on any atom is -0.462 e. The van der Waals surface area contributed by atoms with E-state index in [0.29, 0.717) is 24.7 Å². The molecule has 3 heterocycles. The highest BCUT2D eigenvalue weighted by atomic mass is 16.5. The quantitative estimate of drug-likeness (QED) is 0.857. The van der Waals surface area contributed by atoms with Crippen LogP contribution in [-0.2, 0) is 20.0 Å². The van der Waals surface area contributed by atoms with Gasteiger partial charge in [0, 0.05) is 44.1 Å². The molecule has 1 unspecified atom stereocenters. The standard InChI is InChI=1S/C16H21N5O/c1-20-11-19-14-9-21(12-4-2-5-12)13(8-15(14)20)10-22-16-17-6-3-7-18-16/h3,6-7,11-13H,2,4-5,8-10H2,1H3. The van der Waals surface area contributed by atoms with E-state index in [1.807, 2.05) is 6.33 Å². The summed E-state index contributed by atoms with van der Waals surface area (Å²) in [5.41, 5.74) is 2.56. The Bertz CT molecular complexity index is 637. The van der Waals surface area contributed by atoms with Gasteiger partial charge in [-0.1, -0.05) is 6.42 Å². The molecule has 0 N–H and O–H groups in total. The number of fused-ring (bicyclic) bond motifs is 1. The maximum atomic E-state index is 5.83. The summed E-state index contributed by atoms with van der Waals surface area (Å²) in [6, 6.07) is 3.32. The summed E-state index contributed by atoms with van der Waals surface area (Å²) in [6.07, 6.45) is 10.3. The van der Waals surface area contributed by atoms with Crippen molar-refractivity contribution in [1.82, 2.24) is 24.4 Å². The maximum absolute atomic E-state index is 5.83. The second kappa shape index (κ2) is 5.68. The first kappa shape index (κ1) is 13.7. The molecule has 0 saturated heterocycles. The monoisotopic (exact) mass is 299 g/mol. The molecule has 1 atom stereocenters. The fraction of sp³-hybridized carbons (Fsp3) is 0.562. The second-order valence-corrected chi connectivity index (χ2v) is 6.21. The van der Waals surface area contributed by atoms with Gasteiger partial charge in [-0.25, -0.2) is 15.0 Å². The number of hydrogen-bond donors (Lipinski definition) is 0. The number of hydrogen-bond acceptors (Lipinski definition) is 5. The van der Waals surface area contributed by atoms with Gasteiger partial charge in [-0.3, -0.25) is 4.90 Å². The van der Waals surface area contributed by atoms with Crippen molar-refractivity contribution in [3.8, 4) is 6.01 Å². The first-order valence-corrected chi connectivity index (χ1v) is 7.96. The van der Waals surface area contributed by atoms with E-state index in [1.54, 1.807) is 18.5 Å². The highest BCUT2D eigenvalue weighted by Crippen LogP contribution is 2.32. The zero-order valence-electron chi connectivity index (χ0n) is 12.9. The Hall–Kier alpha value is -1.95. The van der Waals surface area contributed by atoms with E-state index < -0.39 is 0 Å². The van der Waals surface area contributed by atoms with Crippen molar-refractivity contribution in [2.45, 2.75) is 44.3 Å². The average Bonchev–Trinajstić information content (AvgIpc) is 2.85. The summed E-state index contributed by atoms with van der Waals surface area (Å²) in [5, 5.41) is 0. The van der Waals surface area contributed by atoms with Crippen molar-refractivity contribution in [1.29, 1.82) is 0 Å². The highest BCUT2D eigenvalue weighted by molar-refractivity contribution is 5.19. The zero-order valence-corrected chi connectivity index (χ0v) is 12.9. The molecule has 1 aliphatic heterocycles. The summed E-state index contributed by atoms with van der Waals surface area (Å²) in [7, 11) is 2.07. The van der Waals surface area contributed by atoms with Crippen LogP contribution >= 0.6 is 0 Å². The first-order valence-electron chi connectivity index (χ1n) is 7.96. The molecule has 6 heteroatoms. The van der Waals surface area contributed by atoms with Crippen LogP contribution in [0.1, 0.15) is 30.7 Å². The Labute approximate surface area is 130 Å². The molecule has 2 aromatic heterocycles. The molecule has 1 aliphatic carbocycles. The summed E-state index contributed by atoms with van der Waals surface area (Å²) >= 11 is 0. The van der Waals surface area contributed by atoms with Gasteiger partial charge in [0.2, 0.25) is 0 Å². The number of imidazole rings is 1. The van der Waals surface area contributed by atoms with E-state index in [9.17, 15) is 0 Å². The molecule has 1 saturated carbocycles. The van der Waals surface area contributed by atoms with Crippen molar-refractivity contribution < 1.29 is 4.74 Å². The summed E-state index contributed by atoms with van der Waals surface area (Å²) in [6.45, 7) is 1.57. The normalized spacial score (nSPS) is 22.1. The van der Waals surface area contributed by atoms with Crippen LogP contribution in [0, 0.1) is 0 Å².